The van der Waals surface area contributed by atoms with Gasteiger partial charge in [0.1, 0.15) is 5.82 Å². The molecule has 1 aliphatic rings. The second-order valence-electron chi connectivity index (χ2n) is 5.56. The van der Waals surface area contributed by atoms with Crippen LogP contribution in [0, 0.1) is 5.92 Å². The normalized spacial score (nSPS) is 19.7. The summed E-state index contributed by atoms with van der Waals surface area (Å²) >= 11 is 0. The number of aromatic carboxylic acids is 1. The third-order valence-corrected chi connectivity index (χ3v) is 4.22. The van der Waals surface area contributed by atoms with Crippen molar-refractivity contribution in [2.75, 3.05) is 18.0 Å². The fraction of sp³-hybridized carbons (Fsp3) is 0.625. The summed E-state index contributed by atoms with van der Waals surface area (Å²) in [4.78, 5) is 18.1. The second-order valence-corrected chi connectivity index (χ2v) is 5.56. The first-order valence-corrected chi connectivity index (χ1v) is 7.63. The van der Waals surface area contributed by atoms with Gasteiger partial charge >= 0.3 is 5.97 Å². The molecular formula is C16H24N2O2. The average Bonchev–Trinajstić information content (AvgIpc) is 2.72. The lowest BCUT2D eigenvalue weighted by Crippen LogP contribution is -2.26. The van der Waals surface area contributed by atoms with Crippen LogP contribution in [0.5, 0.6) is 0 Å². The minimum absolute atomic E-state index is 0.350. The Bertz CT molecular complexity index is 474. The first-order valence-electron chi connectivity index (χ1n) is 7.63. The summed E-state index contributed by atoms with van der Waals surface area (Å²) < 4.78 is 0. The molecule has 1 fully saturated rings. The Morgan fingerprint density at radius 3 is 2.80 bits per heavy atom. The van der Waals surface area contributed by atoms with E-state index in [9.17, 15) is 9.90 Å². The molecule has 1 aromatic heterocycles. The molecule has 1 aromatic rings. The van der Waals surface area contributed by atoms with Crippen molar-refractivity contribution in [3.05, 3.63) is 23.4 Å². The largest absolute Gasteiger partial charge is 0.478 e. The van der Waals surface area contributed by atoms with Crippen LogP contribution in [0.4, 0.5) is 5.82 Å². The zero-order valence-corrected chi connectivity index (χ0v) is 12.4. The van der Waals surface area contributed by atoms with Gasteiger partial charge in [-0.3, -0.25) is 0 Å². The van der Waals surface area contributed by atoms with Gasteiger partial charge in [0, 0.05) is 18.8 Å². The smallest absolute Gasteiger partial charge is 0.335 e. The number of aryl methyl sites for hydroxylation is 1. The first-order chi connectivity index (χ1) is 9.63. The Balaban J connectivity index is 2.22. The van der Waals surface area contributed by atoms with Gasteiger partial charge in [0.2, 0.25) is 0 Å². The van der Waals surface area contributed by atoms with E-state index in [0.717, 1.165) is 36.9 Å². The molecule has 0 aromatic carbocycles. The standard InChI is InChI=1S/C16H24N2O2/c1-3-12-6-5-8-18(9-7-12)15-11-13(16(19)20)10-14(4-2)17-15/h10-12H,3-9H2,1-2H3,(H,19,20). The van der Waals surface area contributed by atoms with Crippen molar-refractivity contribution >= 4 is 11.8 Å². The van der Waals surface area contributed by atoms with E-state index in [1.165, 1.54) is 25.7 Å². The molecule has 1 N–H and O–H groups in total. The Morgan fingerprint density at radius 2 is 2.15 bits per heavy atom. The van der Waals surface area contributed by atoms with E-state index in [1.54, 1.807) is 12.1 Å². The molecule has 0 aliphatic carbocycles. The molecule has 1 atom stereocenters. The number of pyridine rings is 1. The second kappa shape index (κ2) is 6.73. The number of aromatic nitrogens is 1. The van der Waals surface area contributed by atoms with Gasteiger partial charge in [-0.2, -0.15) is 0 Å². The lowest BCUT2D eigenvalue weighted by atomic mass is 9.98. The number of anilines is 1. The third kappa shape index (κ3) is 3.50. The molecule has 0 bridgehead atoms. The predicted octanol–water partition coefficient (Wildman–Crippen LogP) is 3.36. The maximum Gasteiger partial charge on any atom is 0.335 e. The van der Waals surface area contributed by atoms with Gasteiger partial charge in [-0.15, -0.1) is 0 Å². The summed E-state index contributed by atoms with van der Waals surface area (Å²) in [5, 5.41) is 9.22. The van der Waals surface area contributed by atoms with Gasteiger partial charge in [-0.25, -0.2) is 9.78 Å². The van der Waals surface area contributed by atoms with Gasteiger partial charge in [0.25, 0.3) is 0 Å². The molecule has 2 rings (SSSR count). The lowest BCUT2D eigenvalue weighted by molar-refractivity contribution is 0.0696. The Hall–Kier alpha value is -1.58. The summed E-state index contributed by atoms with van der Waals surface area (Å²) in [7, 11) is 0. The molecule has 4 nitrogen and oxygen atoms in total. The van der Waals surface area contributed by atoms with Crippen molar-refractivity contribution in [1.82, 2.24) is 4.98 Å². The number of hydrogen-bond donors (Lipinski definition) is 1. The highest BCUT2D eigenvalue weighted by Crippen LogP contribution is 2.24. The van der Waals surface area contributed by atoms with Crippen LogP contribution in [0.2, 0.25) is 0 Å². The Kier molecular flexibility index (Phi) is 4.99. The number of carboxylic acid groups (broad SMARTS) is 1. The van der Waals surface area contributed by atoms with Gasteiger partial charge in [0.15, 0.2) is 0 Å². The number of rotatable bonds is 4. The van der Waals surface area contributed by atoms with E-state index in [4.69, 9.17) is 0 Å². The van der Waals surface area contributed by atoms with Crippen LogP contribution in [0.25, 0.3) is 0 Å². The van der Waals surface area contributed by atoms with Crippen LogP contribution >= 0.6 is 0 Å². The fourth-order valence-corrected chi connectivity index (χ4v) is 2.84. The minimum Gasteiger partial charge on any atom is -0.478 e. The van der Waals surface area contributed by atoms with Crippen molar-refractivity contribution in [3.8, 4) is 0 Å². The first kappa shape index (κ1) is 14.8. The molecule has 0 saturated carbocycles. The summed E-state index contributed by atoms with van der Waals surface area (Å²) in [6, 6.07) is 3.40. The molecule has 1 aliphatic heterocycles. The van der Waals surface area contributed by atoms with Crippen molar-refractivity contribution in [3.63, 3.8) is 0 Å². The Morgan fingerprint density at radius 1 is 1.35 bits per heavy atom. The van der Waals surface area contributed by atoms with Gasteiger partial charge in [-0.1, -0.05) is 20.3 Å². The van der Waals surface area contributed by atoms with E-state index < -0.39 is 5.97 Å². The molecule has 2 heterocycles. The zero-order chi connectivity index (χ0) is 14.5. The van der Waals surface area contributed by atoms with Crippen LogP contribution < -0.4 is 4.90 Å². The van der Waals surface area contributed by atoms with Crippen LogP contribution in [-0.2, 0) is 6.42 Å². The number of carbonyl (C=O) groups is 1. The predicted molar refractivity (Wildman–Crippen MR) is 80.4 cm³/mol. The van der Waals surface area contributed by atoms with Crippen LogP contribution in [0.3, 0.4) is 0 Å². The molecule has 0 spiro atoms. The zero-order valence-electron chi connectivity index (χ0n) is 12.4. The maximum atomic E-state index is 11.2. The van der Waals surface area contributed by atoms with Crippen molar-refractivity contribution in [2.45, 2.75) is 46.0 Å². The minimum atomic E-state index is -0.871. The molecule has 1 saturated heterocycles. The number of nitrogens with zero attached hydrogens (tertiary/aromatic N) is 2. The quantitative estimate of drug-likeness (QED) is 0.916. The van der Waals surface area contributed by atoms with Gasteiger partial charge in [0.05, 0.1) is 5.56 Å². The summed E-state index contributed by atoms with van der Waals surface area (Å²) in [6.45, 7) is 6.22. The van der Waals surface area contributed by atoms with Crippen LogP contribution in [-0.4, -0.2) is 29.1 Å². The molecule has 1 unspecified atom stereocenters. The van der Waals surface area contributed by atoms with Crippen LogP contribution in [0.1, 0.15) is 55.6 Å². The van der Waals surface area contributed by atoms with Crippen LogP contribution in [0.15, 0.2) is 12.1 Å². The lowest BCUT2D eigenvalue weighted by Gasteiger charge is -2.22. The van der Waals surface area contributed by atoms with E-state index >= 15 is 0 Å². The van der Waals surface area contributed by atoms with E-state index in [2.05, 4.69) is 16.8 Å². The molecular weight excluding hydrogens is 252 g/mol. The highest BCUT2D eigenvalue weighted by molar-refractivity contribution is 5.88. The summed E-state index contributed by atoms with van der Waals surface area (Å²) in [5.74, 6) is 0.761. The molecule has 0 radical (unpaired) electrons. The van der Waals surface area contributed by atoms with E-state index in [0.29, 0.717) is 5.56 Å². The summed E-state index contributed by atoms with van der Waals surface area (Å²) in [5.41, 5.74) is 1.21. The molecule has 4 heteroatoms. The SMILES string of the molecule is CCc1cc(C(=O)O)cc(N2CCCC(CC)CC2)n1. The van der Waals surface area contributed by atoms with E-state index in [1.807, 2.05) is 6.92 Å². The highest BCUT2D eigenvalue weighted by atomic mass is 16.4. The van der Waals surface area contributed by atoms with Crippen molar-refractivity contribution in [1.29, 1.82) is 0 Å². The van der Waals surface area contributed by atoms with Gasteiger partial charge < -0.3 is 10.0 Å². The maximum absolute atomic E-state index is 11.2. The number of hydrogen-bond acceptors (Lipinski definition) is 3. The summed E-state index contributed by atoms with van der Waals surface area (Å²) in [6.07, 6.45) is 5.61. The van der Waals surface area contributed by atoms with E-state index in [-0.39, 0.29) is 0 Å². The topological polar surface area (TPSA) is 53.4 Å². The molecule has 0 amide bonds. The average molecular weight is 276 g/mol. The molecule has 110 valence electrons. The Labute approximate surface area is 120 Å². The number of carboxylic acids is 1. The van der Waals surface area contributed by atoms with Crippen molar-refractivity contribution < 1.29 is 9.90 Å². The van der Waals surface area contributed by atoms with Gasteiger partial charge in [-0.05, 0) is 43.7 Å². The van der Waals surface area contributed by atoms with Crippen molar-refractivity contribution in [2.24, 2.45) is 5.92 Å². The fourth-order valence-electron chi connectivity index (χ4n) is 2.84. The third-order valence-electron chi connectivity index (χ3n) is 4.22. The highest BCUT2D eigenvalue weighted by Gasteiger charge is 2.18. The molecule has 20 heavy (non-hydrogen) atoms. The monoisotopic (exact) mass is 276 g/mol.